The van der Waals surface area contributed by atoms with E-state index >= 15 is 0 Å². The number of carbonyl (C=O) groups excluding carboxylic acids is 1. The SMILES string of the molecule is CCN1C(=CC=C2C=CC=CC2=O)C=Cc2ccccc21. The number of fused-ring (bicyclic) bond motifs is 1. The van der Waals surface area contributed by atoms with Gasteiger partial charge in [-0.2, -0.15) is 0 Å². The van der Waals surface area contributed by atoms with E-state index in [-0.39, 0.29) is 5.78 Å². The van der Waals surface area contributed by atoms with Crippen molar-refractivity contribution in [2.24, 2.45) is 0 Å². The van der Waals surface area contributed by atoms with E-state index in [0.717, 1.165) is 12.2 Å². The lowest BCUT2D eigenvalue weighted by Gasteiger charge is -2.29. The number of likely N-dealkylation sites (N-methyl/N-ethyl adjacent to an activating group) is 1. The van der Waals surface area contributed by atoms with Crippen molar-refractivity contribution in [1.29, 1.82) is 0 Å². The van der Waals surface area contributed by atoms with Crippen molar-refractivity contribution in [3.05, 3.63) is 83.6 Å². The van der Waals surface area contributed by atoms with E-state index in [2.05, 4.69) is 42.2 Å². The fourth-order valence-electron chi connectivity index (χ4n) is 2.57. The van der Waals surface area contributed by atoms with Crippen LogP contribution in [0.4, 0.5) is 5.69 Å². The highest BCUT2D eigenvalue weighted by atomic mass is 16.1. The van der Waals surface area contributed by atoms with Crippen molar-refractivity contribution in [3.63, 3.8) is 0 Å². The molecule has 0 atom stereocenters. The van der Waals surface area contributed by atoms with Crippen molar-refractivity contribution >= 4 is 17.5 Å². The Morgan fingerprint density at radius 1 is 1.00 bits per heavy atom. The fourth-order valence-corrected chi connectivity index (χ4v) is 2.57. The number of benzene rings is 1. The van der Waals surface area contributed by atoms with Gasteiger partial charge in [0, 0.05) is 23.5 Å². The number of para-hydroxylation sites is 1. The van der Waals surface area contributed by atoms with Gasteiger partial charge in [0.2, 0.25) is 0 Å². The first-order chi connectivity index (χ1) is 10.3. The standard InChI is InChI=1S/C19H17NO/c1-2-20-17(13-11-15-7-3-5-9-18(15)20)14-12-16-8-4-6-10-19(16)21/h3-14H,2H2,1H3. The van der Waals surface area contributed by atoms with Gasteiger partial charge in [0.15, 0.2) is 5.78 Å². The number of hydrogen-bond acceptors (Lipinski definition) is 2. The summed E-state index contributed by atoms with van der Waals surface area (Å²) in [7, 11) is 0. The molecule has 2 nitrogen and oxygen atoms in total. The maximum atomic E-state index is 11.7. The molecule has 1 aromatic carbocycles. The normalized spacial score (nSPS) is 20.4. The number of nitrogens with zero attached hydrogens (tertiary/aromatic N) is 1. The largest absolute Gasteiger partial charge is 0.341 e. The van der Waals surface area contributed by atoms with E-state index < -0.39 is 0 Å². The van der Waals surface area contributed by atoms with Crippen LogP contribution >= 0.6 is 0 Å². The van der Waals surface area contributed by atoms with Crippen LogP contribution in [0.2, 0.25) is 0 Å². The monoisotopic (exact) mass is 275 g/mol. The summed E-state index contributed by atoms with van der Waals surface area (Å²) in [4.78, 5) is 14.0. The molecule has 2 aliphatic rings. The summed E-state index contributed by atoms with van der Waals surface area (Å²) in [5.74, 6) is 0.0533. The first kappa shape index (κ1) is 13.4. The Balaban J connectivity index is 1.95. The molecular weight excluding hydrogens is 258 g/mol. The van der Waals surface area contributed by atoms with Gasteiger partial charge in [-0.15, -0.1) is 0 Å². The summed E-state index contributed by atoms with van der Waals surface area (Å²) in [6, 6.07) is 8.33. The zero-order valence-corrected chi connectivity index (χ0v) is 12.0. The Morgan fingerprint density at radius 2 is 1.81 bits per heavy atom. The van der Waals surface area contributed by atoms with Crippen LogP contribution in [0.25, 0.3) is 6.08 Å². The first-order valence-corrected chi connectivity index (χ1v) is 7.15. The molecule has 1 aliphatic heterocycles. The highest BCUT2D eigenvalue weighted by molar-refractivity contribution is 6.07. The lowest BCUT2D eigenvalue weighted by Crippen LogP contribution is -2.23. The van der Waals surface area contributed by atoms with Gasteiger partial charge in [0.25, 0.3) is 0 Å². The summed E-state index contributed by atoms with van der Waals surface area (Å²) in [5.41, 5.74) is 4.24. The van der Waals surface area contributed by atoms with E-state index in [0.29, 0.717) is 5.57 Å². The summed E-state index contributed by atoms with van der Waals surface area (Å²) < 4.78 is 0. The zero-order chi connectivity index (χ0) is 14.7. The molecule has 0 fully saturated rings. The second-order valence-corrected chi connectivity index (χ2v) is 4.93. The van der Waals surface area contributed by atoms with Gasteiger partial charge in [-0.1, -0.05) is 42.5 Å². The molecule has 3 rings (SSSR count). The minimum Gasteiger partial charge on any atom is -0.341 e. The molecule has 0 aromatic heterocycles. The molecule has 0 spiro atoms. The van der Waals surface area contributed by atoms with Crippen LogP contribution in [0, 0.1) is 0 Å². The molecule has 1 aromatic rings. The molecule has 0 saturated carbocycles. The van der Waals surface area contributed by atoms with E-state index in [1.54, 1.807) is 12.2 Å². The van der Waals surface area contributed by atoms with Gasteiger partial charge in [-0.25, -0.2) is 0 Å². The summed E-state index contributed by atoms with van der Waals surface area (Å²) in [5, 5.41) is 0. The van der Waals surface area contributed by atoms with Crippen LogP contribution in [0.1, 0.15) is 12.5 Å². The Hall–Kier alpha value is -2.61. The van der Waals surface area contributed by atoms with Gasteiger partial charge in [-0.3, -0.25) is 4.79 Å². The van der Waals surface area contributed by atoms with Gasteiger partial charge in [0.1, 0.15) is 0 Å². The topological polar surface area (TPSA) is 20.3 Å². The summed E-state index contributed by atoms with van der Waals surface area (Å²) >= 11 is 0. The quantitative estimate of drug-likeness (QED) is 0.759. The molecule has 1 aliphatic carbocycles. The third-order valence-corrected chi connectivity index (χ3v) is 3.64. The molecule has 0 unspecified atom stereocenters. The predicted octanol–water partition coefficient (Wildman–Crippen LogP) is 4.05. The fraction of sp³-hybridized carbons (Fsp3) is 0.105. The second kappa shape index (κ2) is 5.80. The van der Waals surface area contributed by atoms with Crippen molar-refractivity contribution in [3.8, 4) is 0 Å². The van der Waals surface area contributed by atoms with Gasteiger partial charge in [0.05, 0.1) is 0 Å². The van der Waals surface area contributed by atoms with Crippen LogP contribution in [0.3, 0.4) is 0 Å². The van der Waals surface area contributed by atoms with E-state index in [1.165, 1.54) is 11.3 Å². The van der Waals surface area contributed by atoms with Crippen LogP contribution in [-0.4, -0.2) is 12.3 Å². The molecule has 0 N–H and O–H groups in total. The summed E-state index contributed by atoms with van der Waals surface area (Å²) in [6.45, 7) is 3.02. The molecule has 1 heterocycles. The number of anilines is 1. The van der Waals surface area contributed by atoms with Gasteiger partial charge >= 0.3 is 0 Å². The average Bonchev–Trinajstić information content (AvgIpc) is 2.53. The van der Waals surface area contributed by atoms with E-state index in [4.69, 9.17) is 0 Å². The lowest BCUT2D eigenvalue weighted by molar-refractivity contribution is -0.111. The van der Waals surface area contributed by atoms with Crippen molar-refractivity contribution in [1.82, 2.24) is 0 Å². The molecule has 21 heavy (non-hydrogen) atoms. The number of ketones is 1. The Labute approximate surface area is 125 Å². The number of allylic oxidation sites excluding steroid dienone is 8. The maximum Gasteiger partial charge on any atom is 0.185 e. The zero-order valence-electron chi connectivity index (χ0n) is 12.0. The van der Waals surface area contributed by atoms with Crippen molar-refractivity contribution in [2.75, 3.05) is 11.4 Å². The number of rotatable bonds is 2. The summed E-state index contributed by atoms with van der Waals surface area (Å²) in [6.07, 6.45) is 15.2. The van der Waals surface area contributed by atoms with Crippen LogP contribution in [0.15, 0.2) is 78.1 Å². The molecule has 0 radical (unpaired) electrons. The van der Waals surface area contributed by atoms with E-state index in [9.17, 15) is 4.79 Å². The minimum absolute atomic E-state index is 0.0533. The Kier molecular flexibility index (Phi) is 3.69. The average molecular weight is 275 g/mol. The minimum atomic E-state index is 0.0533. The van der Waals surface area contributed by atoms with Crippen LogP contribution < -0.4 is 4.90 Å². The lowest BCUT2D eigenvalue weighted by atomic mass is 10.0. The maximum absolute atomic E-state index is 11.7. The third-order valence-electron chi connectivity index (χ3n) is 3.64. The third kappa shape index (κ3) is 2.65. The van der Waals surface area contributed by atoms with Crippen molar-refractivity contribution < 1.29 is 4.79 Å². The Bertz CT molecular complexity index is 717. The molecular formula is C19H17NO. The molecule has 2 heteroatoms. The van der Waals surface area contributed by atoms with Gasteiger partial charge in [-0.05, 0) is 42.9 Å². The molecule has 0 bridgehead atoms. The van der Waals surface area contributed by atoms with E-state index in [1.807, 2.05) is 30.4 Å². The van der Waals surface area contributed by atoms with Crippen LogP contribution in [-0.2, 0) is 4.79 Å². The van der Waals surface area contributed by atoms with Crippen molar-refractivity contribution in [2.45, 2.75) is 6.92 Å². The molecule has 0 amide bonds. The predicted molar refractivity (Wildman–Crippen MR) is 87.9 cm³/mol. The highest BCUT2D eigenvalue weighted by Gasteiger charge is 2.14. The molecule has 0 saturated heterocycles. The highest BCUT2D eigenvalue weighted by Crippen LogP contribution is 2.30. The Morgan fingerprint density at radius 3 is 2.62 bits per heavy atom. The number of hydrogen-bond donors (Lipinski definition) is 0. The first-order valence-electron chi connectivity index (χ1n) is 7.15. The van der Waals surface area contributed by atoms with Gasteiger partial charge < -0.3 is 4.90 Å². The van der Waals surface area contributed by atoms with Crippen LogP contribution in [0.5, 0.6) is 0 Å². The smallest absolute Gasteiger partial charge is 0.185 e. The second-order valence-electron chi connectivity index (χ2n) is 4.93. The number of carbonyl (C=O) groups is 1. The molecule has 104 valence electrons.